The van der Waals surface area contributed by atoms with Gasteiger partial charge in [-0.2, -0.15) is 0 Å². The maximum absolute atomic E-state index is 12.8. The smallest absolute Gasteiger partial charge is 0.295 e. The molecule has 0 radical (unpaired) electrons. The third kappa shape index (κ3) is 2.49. The normalized spacial score (nSPS) is 15.9. The summed E-state index contributed by atoms with van der Waals surface area (Å²) >= 11 is 0. The summed E-state index contributed by atoms with van der Waals surface area (Å²) in [5.74, 6) is -0.461. The molecule has 3 rings (SSSR count). The van der Waals surface area contributed by atoms with E-state index >= 15 is 0 Å². The van der Waals surface area contributed by atoms with Gasteiger partial charge >= 0.3 is 0 Å². The number of ether oxygens (including phenoxy) is 1. The lowest BCUT2D eigenvalue weighted by molar-refractivity contribution is -0.00570. The molecule has 1 aliphatic heterocycles. The number of aromatic nitrogens is 2. The number of halogens is 2. The summed E-state index contributed by atoms with van der Waals surface area (Å²) in [6, 6.07) is 4.83. The van der Waals surface area contributed by atoms with Gasteiger partial charge in [0.1, 0.15) is 6.73 Å². The molecule has 0 atom stereocenters. The Morgan fingerprint density at radius 1 is 1.43 bits per heavy atom. The summed E-state index contributed by atoms with van der Waals surface area (Å²) in [4.78, 5) is 17.8. The van der Waals surface area contributed by atoms with E-state index in [-0.39, 0.29) is 18.5 Å². The van der Waals surface area contributed by atoms with Gasteiger partial charge in [-0.25, -0.2) is 13.8 Å². The van der Waals surface area contributed by atoms with Crippen LogP contribution < -0.4 is 0 Å². The number of carbonyl (C=O) groups excluding carboxylic acids is 1. The summed E-state index contributed by atoms with van der Waals surface area (Å²) < 4.78 is 32.3. The van der Waals surface area contributed by atoms with E-state index < -0.39 is 6.43 Å². The first-order valence-electron chi connectivity index (χ1n) is 6.69. The molecule has 0 aliphatic carbocycles. The number of alkyl halides is 2. The lowest BCUT2D eigenvalue weighted by Gasteiger charge is -2.26. The molecule has 1 aliphatic rings. The number of carbonyl (C=O) groups is 1. The maximum Gasteiger partial charge on any atom is 0.295 e. The monoisotopic (exact) mass is 295 g/mol. The van der Waals surface area contributed by atoms with Crippen LogP contribution in [0.3, 0.4) is 0 Å². The minimum Gasteiger partial charge on any atom is -0.361 e. The van der Waals surface area contributed by atoms with Gasteiger partial charge < -0.3 is 14.2 Å². The second-order valence-corrected chi connectivity index (χ2v) is 4.99. The van der Waals surface area contributed by atoms with Crippen LogP contribution in [0.2, 0.25) is 0 Å². The lowest BCUT2D eigenvalue weighted by atomic mass is 10.1. The van der Waals surface area contributed by atoms with Crippen molar-refractivity contribution in [3.05, 3.63) is 29.6 Å². The summed E-state index contributed by atoms with van der Waals surface area (Å²) in [6.07, 6.45) is -1.84. The van der Waals surface area contributed by atoms with Gasteiger partial charge in [-0.05, 0) is 24.6 Å². The van der Waals surface area contributed by atoms with Gasteiger partial charge in [0.05, 0.1) is 17.6 Å². The topological polar surface area (TPSA) is 47.4 Å². The SMILES string of the molecule is Cn1c(C(F)F)nc2cc(C(=O)N3CCCOC3)ccc21. The minimum atomic E-state index is -2.64. The average Bonchev–Trinajstić information content (AvgIpc) is 2.84. The van der Waals surface area contributed by atoms with Crippen molar-refractivity contribution in [1.82, 2.24) is 14.5 Å². The highest BCUT2D eigenvalue weighted by Gasteiger charge is 2.21. The molecule has 0 saturated carbocycles. The molecule has 1 saturated heterocycles. The molecule has 21 heavy (non-hydrogen) atoms. The van der Waals surface area contributed by atoms with Crippen molar-refractivity contribution < 1.29 is 18.3 Å². The van der Waals surface area contributed by atoms with Gasteiger partial charge in [0.2, 0.25) is 0 Å². The fraction of sp³-hybridized carbons (Fsp3) is 0.429. The first kappa shape index (κ1) is 13.9. The van der Waals surface area contributed by atoms with Crippen molar-refractivity contribution in [1.29, 1.82) is 0 Å². The molecule has 0 spiro atoms. The number of fused-ring (bicyclic) bond motifs is 1. The summed E-state index contributed by atoms with van der Waals surface area (Å²) in [7, 11) is 1.54. The molecule has 2 aromatic rings. The van der Waals surface area contributed by atoms with Crippen LogP contribution in [0.25, 0.3) is 11.0 Å². The molecular formula is C14H15F2N3O2. The zero-order valence-corrected chi connectivity index (χ0v) is 11.6. The molecule has 1 aromatic carbocycles. The molecule has 5 nitrogen and oxygen atoms in total. The zero-order valence-electron chi connectivity index (χ0n) is 11.6. The van der Waals surface area contributed by atoms with E-state index in [4.69, 9.17) is 4.74 Å². The van der Waals surface area contributed by atoms with E-state index in [2.05, 4.69) is 4.98 Å². The van der Waals surface area contributed by atoms with Gasteiger partial charge in [0.25, 0.3) is 12.3 Å². The largest absolute Gasteiger partial charge is 0.361 e. The van der Waals surface area contributed by atoms with Crippen LogP contribution in [0.15, 0.2) is 18.2 Å². The minimum absolute atomic E-state index is 0.166. The molecule has 0 N–H and O–H groups in total. The van der Waals surface area contributed by atoms with E-state index in [9.17, 15) is 13.6 Å². The Morgan fingerprint density at radius 2 is 2.24 bits per heavy atom. The third-order valence-corrected chi connectivity index (χ3v) is 3.61. The molecular weight excluding hydrogens is 280 g/mol. The van der Waals surface area contributed by atoms with E-state index in [0.29, 0.717) is 29.7 Å². The van der Waals surface area contributed by atoms with E-state index in [1.165, 1.54) is 11.6 Å². The summed E-state index contributed by atoms with van der Waals surface area (Å²) in [5, 5.41) is 0. The molecule has 112 valence electrons. The number of benzene rings is 1. The van der Waals surface area contributed by atoms with Crippen molar-refractivity contribution in [2.24, 2.45) is 7.05 Å². The zero-order chi connectivity index (χ0) is 15.0. The second-order valence-electron chi connectivity index (χ2n) is 4.99. The molecule has 0 bridgehead atoms. The van der Waals surface area contributed by atoms with Gasteiger partial charge in [0, 0.05) is 19.2 Å². The van der Waals surface area contributed by atoms with Gasteiger partial charge in [-0.1, -0.05) is 0 Å². The summed E-state index contributed by atoms with van der Waals surface area (Å²) in [5.41, 5.74) is 1.42. The maximum atomic E-state index is 12.8. The van der Waals surface area contributed by atoms with Crippen LogP contribution in [0.5, 0.6) is 0 Å². The molecule has 7 heteroatoms. The van der Waals surface area contributed by atoms with Crippen molar-refractivity contribution in [3.63, 3.8) is 0 Å². The Balaban J connectivity index is 1.95. The highest BCUT2D eigenvalue weighted by Crippen LogP contribution is 2.24. The molecule has 1 amide bonds. The Bertz CT molecular complexity index is 678. The number of hydrogen-bond donors (Lipinski definition) is 0. The van der Waals surface area contributed by atoms with E-state index in [1.807, 2.05) is 0 Å². The highest BCUT2D eigenvalue weighted by molar-refractivity contribution is 5.97. The van der Waals surface area contributed by atoms with Gasteiger partial charge in [-0.15, -0.1) is 0 Å². The first-order valence-corrected chi connectivity index (χ1v) is 6.69. The van der Waals surface area contributed by atoms with Crippen molar-refractivity contribution in [2.45, 2.75) is 12.8 Å². The molecule has 1 aromatic heterocycles. The number of amides is 1. The van der Waals surface area contributed by atoms with Crippen molar-refractivity contribution in [3.8, 4) is 0 Å². The first-order chi connectivity index (χ1) is 10.1. The predicted molar refractivity (Wildman–Crippen MR) is 72.1 cm³/mol. The quantitative estimate of drug-likeness (QED) is 0.854. The Hall–Kier alpha value is -2.02. The fourth-order valence-electron chi connectivity index (χ4n) is 2.49. The van der Waals surface area contributed by atoms with E-state index in [1.54, 1.807) is 23.1 Å². The molecule has 0 unspecified atom stereocenters. The van der Waals surface area contributed by atoms with E-state index in [0.717, 1.165) is 6.42 Å². The second kappa shape index (κ2) is 5.40. The number of nitrogens with zero attached hydrogens (tertiary/aromatic N) is 3. The van der Waals surface area contributed by atoms with Crippen LogP contribution in [0.1, 0.15) is 29.0 Å². The van der Waals surface area contributed by atoms with Crippen LogP contribution in [-0.2, 0) is 11.8 Å². The van der Waals surface area contributed by atoms with Crippen LogP contribution in [-0.4, -0.2) is 40.2 Å². The predicted octanol–water partition coefficient (Wildman–Crippen LogP) is 2.33. The Labute approximate surface area is 120 Å². The van der Waals surface area contributed by atoms with Crippen LogP contribution >= 0.6 is 0 Å². The van der Waals surface area contributed by atoms with Gasteiger partial charge in [-0.3, -0.25) is 4.79 Å². The standard InChI is InChI=1S/C14H15F2N3O2/c1-18-11-4-3-9(7-10(11)17-13(18)12(15)16)14(20)19-5-2-6-21-8-19/h3-4,7,12H,2,5-6,8H2,1H3. The third-order valence-electron chi connectivity index (χ3n) is 3.61. The van der Waals surface area contributed by atoms with Crippen molar-refractivity contribution >= 4 is 16.9 Å². The number of hydrogen-bond acceptors (Lipinski definition) is 3. The summed E-state index contributed by atoms with van der Waals surface area (Å²) in [6.45, 7) is 1.56. The van der Waals surface area contributed by atoms with Gasteiger partial charge in [0.15, 0.2) is 5.82 Å². The Kier molecular flexibility index (Phi) is 3.59. The fourth-order valence-corrected chi connectivity index (χ4v) is 2.49. The average molecular weight is 295 g/mol. The molecule has 2 heterocycles. The van der Waals surface area contributed by atoms with Crippen molar-refractivity contribution in [2.75, 3.05) is 19.9 Å². The van der Waals surface area contributed by atoms with Crippen LogP contribution in [0.4, 0.5) is 8.78 Å². The number of rotatable bonds is 2. The molecule has 1 fully saturated rings. The lowest BCUT2D eigenvalue weighted by Crippen LogP contribution is -2.38. The number of aryl methyl sites for hydroxylation is 1. The highest BCUT2D eigenvalue weighted by atomic mass is 19.3. The number of imidazole rings is 1. The van der Waals surface area contributed by atoms with Crippen LogP contribution in [0, 0.1) is 0 Å². The Morgan fingerprint density at radius 3 is 2.90 bits per heavy atom.